The van der Waals surface area contributed by atoms with E-state index in [9.17, 15) is 5.11 Å². The third-order valence-corrected chi connectivity index (χ3v) is 4.73. The van der Waals surface area contributed by atoms with Gasteiger partial charge in [0.25, 0.3) is 0 Å². The second-order valence-corrected chi connectivity index (χ2v) is 7.15. The highest BCUT2D eigenvalue weighted by Gasteiger charge is 2.14. The molecule has 0 atom stereocenters. The van der Waals surface area contributed by atoms with Crippen LogP contribution < -0.4 is 4.74 Å². The summed E-state index contributed by atoms with van der Waals surface area (Å²) in [6.07, 6.45) is 2.65. The summed E-state index contributed by atoms with van der Waals surface area (Å²) < 4.78 is 5.79. The van der Waals surface area contributed by atoms with E-state index in [0.717, 1.165) is 35.5 Å². The number of likely N-dealkylation sites (N-methyl/N-ethyl adjacent to an activating group) is 1. The van der Waals surface area contributed by atoms with Crippen molar-refractivity contribution in [1.29, 1.82) is 0 Å². The normalized spacial score (nSPS) is 12.0. The van der Waals surface area contributed by atoms with Gasteiger partial charge >= 0.3 is 0 Å². The molecule has 1 heterocycles. The summed E-state index contributed by atoms with van der Waals surface area (Å²) in [6, 6.07) is 21.6. The Morgan fingerprint density at radius 1 is 0.931 bits per heavy atom. The Hall–Kier alpha value is -3.11. The number of rotatable bonds is 8. The molecule has 4 nitrogen and oxygen atoms in total. The fourth-order valence-electron chi connectivity index (χ4n) is 3.23. The van der Waals surface area contributed by atoms with Crippen molar-refractivity contribution in [2.45, 2.75) is 13.3 Å². The maximum Gasteiger partial charge on any atom is 0.137 e. The number of phenolic OH excluding ortho intramolecular Hbond substituents is 1. The van der Waals surface area contributed by atoms with Crippen LogP contribution in [0.1, 0.15) is 30.2 Å². The molecule has 0 amide bonds. The van der Waals surface area contributed by atoms with Gasteiger partial charge in [-0.25, -0.2) is 0 Å². The van der Waals surface area contributed by atoms with Gasteiger partial charge in [-0.15, -0.1) is 0 Å². The minimum absolute atomic E-state index is 0.253. The summed E-state index contributed by atoms with van der Waals surface area (Å²) >= 11 is 0. The molecule has 3 rings (SSSR count). The van der Waals surface area contributed by atoms with E-state index in [4.69, 9.17) is 9.72 Å². The zero-order valence-electron chi connectivity index (χ0n) is 17.3. The molecule has 0 spiro atoms. The van der Waals surface area contributed by atoms with Gasteiger partial charge in [0.2, 0.25) is 0 Å². The quantitative estimate of drug-likeness (QED) is 0.546. The second kappa shape index (κ2) is 9.89. The minimum atomic E-state index is 0.253. The number of phenols is 1. The van der Waals surface area contributed by atoms with E-state index in [-0.39, 0.29) is 5.75 Å². The molecule has 29 heavy (non-hydrogen) atoms. The van der Waals surface area contributed by atoms with Crippen LogP contribution >= 0.6 is 0 Å². The van der Waals surface area contributed by atoms with E-state index < -0.39 is 0 Å². The minimum Gasteiger partial charge on any atom is -0.508 e. The van der Waals surface area contributed by atoms with Gasteiger partial charge < -0.3 is 14.7 Å². The molecule has 0 radical (unpaired) electrons. The Bertz CT molecular complexity index is 931. The first kappa shape index (κ1) is 20.6. The van der Waals surface area contributed by atoms with Gasteiger partial charge in [-0.2, -0.15) is 0 Å². The average Bonchev–Trinajstić information content (AvgIpc) is 2.74. The van der Waals surface area contributed by atoms with Crippen LogP contribution in [0.3, 0.4) is 0 Å². The van der Waals surface area contributed by atoms with Crippen molar-refractivity contribution in [3.63, 3.8) is 0 Å². The van der Waals surface area contributed by atoms with E-state index in [1.807, 2.05) is 44.4 Å². The molecule has 0 saturated carbocycles. The summed E-state index contributed by atoms with van der Waals surface area (Å²) in [6.45, 7) is 3.63. The first-order chi connectivity index (χ1) is 14.1. The predicted octanol–water partition coefficient (Wildman–Crippen LogP) is 5.10. The molecule has 0 fully saturated rings. The summed E-state index contributed by atoms with van der Waals surface area (Å²) in [7, 11) is 4.05. The Kier molecular flexibility index (Phi) is 7.04. The standard InChI is InChI=1S/C25H28N2O2/c1-4-23(19-8-6-5-7-9-19)25(20-10-12-21(28)13-11-20)24-15-14-22(18-26-24)29-17-16-27(2)3/h5-15,18,28H,4,16-17H2,1-3H3/b25-23-. The maximum atomic E-state index is 9.73. The van der Waals surface area contributed by atoms with Gasteiger partial charge in [0.05, 0.1) is 11.9 Å². The Morgan fingerprint density at radius 3 is 2.24 bits per heavy atom. The lowest BCUT2D eigenvalue weighted by Gasteiger charge is -2.16. The molecule has 0 bridgehead atoms. The van der Waals surface area contributed by atoms with E-state index in [0.29, 0.717) is 6.61 Å². The third kappa shape index (κ3) is 5.46. The van der Waals surface area contributed by atoms with Crippen molar-refractivity contribution in [3.8, 4) is 11.5 Å². The van der Waals surface area contributed by atoms with Crippen molar-refractivity contribution < 1.29 is 9.84 Å². The SMILES string of the molecule is CC/C(=C(\c1ccc(O)cc1)c1ccc(OCCN(C)C)cn1)c1ccccc1. The molecule has 3 aromatic rings. The smallest absolute Gasteiger partial charge is 0.137 e. The Balaban J connectivity index is 2.02. The van der Waals surface area contributed by atoms with Crippen molar-refractivity contribution >= 4 is 11.1 Å². The van der Waals surface area contributed by atoms with Gasteiger partial charge in [0, 0.05) is 12.1 Å². The molecule has 2 aromatic carbocycles. The largest absolute Gasteiger partial charge is 0.508 e. The monoisotopic (exact) mass is 388 g/mol. The number of hydrogen-bond donors (Lipinski definition) is 1. The zero-order valence-corrected chi connectivity index (χ0v) is 17.3. The number of aromatic hydroxyl groups is 1. The summed E-state index contributed by atoms with van der Waals surface area (Å²) in [5, 5.41) is 9.73. The first-order valence-electron chi connectivity index (χ1n) is 9.90. The molecule has 0 aliphatic carbocycles. The topological polar surface area (TPSA) is 45.6 Å². The van der Waals surface area contributed by atoms with E-state index in [2.05, 4.69) is 36.1 Å². The van der Waals surface area contributed by atoms with E-state index in [1.54, 1.807) is 18.3 Å². The molecular weight excluding hydrogens is 360 g/mol. The molecular formula is C25H28N2O2. The average molecular weight is 389 g/mol. The highest BCUT2D eigenvalue weighted by molar-refractivity contribution is 5.97. The third-order valence-electron chi connectivity index (χ3n) is 4.73. The zero-order chi connectivity index (χ0) is 20.6. The summed E-state index contributed by atoms with van der Waals surface area (Å²) in [5.41, 5.74) is 5.36. The van der Waals surface area contributed by atoms with E-state index >= 15 is 0 Å². The van der Waals surface area contributed by atoms with Crippen LogP contribution in [0, 0.1) is 0 Å². The molecule has 0 aliphatic heterocycles. The predicted molar refractivity (Wildman–Crippen MR) is 119 cm³/mol. The molecule has 150 valence electrons. The molecule has 1 aromatic heterocycles. The summed E-state index contributed by atoms with van der Waals surface area (Å²) in [5.74, 6) is 1.02. The fraction of sp³-hybridized carbons (Fsp3) is 0.240. The van der Waals surface area contributed by atoms with Gasteiger partial charge in [0.1, 0.15) is 18.1 Å². The van der Waals surface area contributed by atoms with Crippen LogP contribution in [0.5, 0.6) is 11.5 Å². The molecule has 1 N–H and O–H groups in total. The molecule has 0 aliphatic rings. The van der Waals surface area contributed by atoms with Crippen LogP contribution in [0.2, 0.25) is 0 Å². The van der Waals surface area contributed by atoms with Crippen molar-refractivity contribution in [3.05, 3.63) is 89.7 Å². The van der Waals surface area contributed by atoms with E-state index in [1.165, 1.54) is 11.1 Å². The lowest BCUT2D eigenvalue weighted by molar-refractivity contribution is 0.260. The van der Waals surface area contributed by atoms with Gasteiger partial charge in [-0.3, -0.25) is 4.98 Å². The van der Waals surface area contributed by atoms with Crippen LogP contribution in [0.4, 0.5) is 0 Å². The number of nitrogens with zero attached hydrogens (tertiary/aromatic N) is 2. The van der Waals surface area contributed by atoms with Crippen LogP contribution in [0.25, 0.3) is 11.1 Å². The van der Waals surface area contributed by atoms with Gasteiger partial charge in [-0.05, 0) is 61.5 Å². The van der Waals surface area contributed by atoms with Crippen LogP contribution in [-0.2, 0) is 0 Å². The Labute approximate surface area is 173 Å². The lowest BCUT2D eigenvalue weighted by atomic mass is 9.90. The molecule has 0 saturated heterocycles. The number of pyridine rings is 1. The summed E-state index contributed by atoms with van der Waals surface area (Å²) in [4.78, 5) is 6.80. The first-order valence-corrected chi connectivity index (χ1v) is 9.90. The van der Waals surface area contributed by atoms with Crippen molar-refractivity contribution in [2.75, 3.05) is 27.2 Å². The molecule has 4 heteroatoms. The fourth-order valence-corrected chi connectivity index (χ4v) is 3.23. The number of ether oxygens (including phenoxy) is 1. The van der Waals surface area contributed by atoms with Gasteiger partial charge in [0.15, 0.2) is 0 Å². The number of allylic oxidation sites excluding steroid dienone is 1. The maximum absolute atomic E-state index is 9.73. The molecule has 0 unspecified atom stereocenters. The second-order valence-electron chi connectivity index (χ2n) is 7.15. The highest BCUT2D eigenvalue weighted by Crippen LogP contribution is 2.34. The number of hydrogen-bond acceptors (Lipinski definition) is 4. The van der Waals surface area contributed by atoms with Crippen molar-refractivity contribution in [2.24, 2.45) is 0 Å². The van der Waals surface area contributed by atoms with Crippen LogP contribution in [-0.4, -0.2) is 42.2 Å². The lowest BCUT2D eigenvalue weighted by Crippen LogP contribution is -2.19. The number of aromatic nitrogens is 1. The van der Waals surface area contributed by atoms with Crippen LogP contribution in [0.15, 0.2) is 72.9 Å². The number of benzene rings is 2. The highest BCUT2D eigenvalue weighted by atomic mass is 16.5. The Morgan fingerprint density at radius 2 is 1.66 bits per heavy atom. The van der Waals surface area contributed by atoms with Gasteiger partial charge in [-0.1, -0.05) is 49.4 Å². The van der Waals surface area contributed by atoms with Crippen molar-refractivity contribution in [1.82, 2.24) is 9.88 Å².